The first-order valence-corrected chi connectivity index (χ1v) is 11.3. The van der Waals surface area contributed by atoms with Gasteiger partial charge in [-0.2, -0.15) is 4.31 Å². The zero-order valence-electron chi connectivity index (χ0n) is 16.6. The summed E-state index contributed by atoms with van der Waals surface area (Å²) in [5.41, 5.74) is 1.57. The Labute approximate surface area is 174 Å². The van der Waals surface area contributed by atoms with Crippen molar-refractivity contribution in [2.24, 2.45) is 0 Å². The minimum atomic E-state index is -4.17. The number of hydrogen-bond acceptors (Lipinski definition) is 4. The number of nitrogens with zero attached hydrogens (tertiary/aromatic N) is 1. The zero-order chi connectivity index (χ0) is 21.3. The van der Waals surface area contributed by atoms with Gasteiger partial charge in [0.05, 0.1) is 11.6 Å². The van der Waals surface area contributed by atoms with E-state index in [0.29, 0.717) is 17.7 Å². The summed E-state index contributed by atoms with van der Waals surface area (Å²) in [4.78, 5) is 15.1. The maximum Gasteiger partial charge on any atom is 0.252 e. The van der Waals surface area contributed by atoms with Crippen molar-refractivity contribution in [1.82, 2.24) is 9.29 Å². The number of aromatic amines is 1. The van der Waals surface area contributed by atoms with Crippen LogP contribution < -0.4 is 5.56 Å². The lowest BCUT2D eigenvalue weighted by atomic mass is 10.1. The Morgan fingerprint density at radius 3 is 2.73 bits per heavy atom. The molecule has 1 aliphatic heterocycles. The first-order chi connectivity index (χ1) is 14.4. The molecular weight excluding hydrogens is 407 g/mol. The van der Waals surface area contributed by atoms with Gasteiger partial charge in [-0.05, 0) is 48.9 Å². The number of aryl methyl sites for hydroxylation is 1. The van der Waals surface area contributed by atoms with E-state index in [1.807, 2.05) is 25.1 Å². The minimum absolute atomic E-state index is 0.0575. The second kappa shape index (κ2) is 8.29. The third-order valence-electron chi connectivity index (χ3n) is 5.40. The van der Waals surface area contributed by atoms with Crippen molar-refractivity contribution in [3.05, 3.63) is 75.8 Å². The highest BCUT2D eigenvalue weighted by molar-refractivity contribution is 7.89. The minimum Gasteiger partial charge on any atom is -0.377 e. The molecule has 0 bridgehead atoms. The van der Waals surface area contributed by atoms with Crippen LogP contribution in [0.25, 0.3) is 10.9 Å². The van der Waals surface area contributed by atoms with Crippen LogP contribution in [-0.4, -0.2) is 37.0 Å². The molecular formula is C22H23FN2O4S. The molecule has 1 fully saturated rings. The fourth-order valence-electron chi connectivity index (χ4n) is 3.79. The number of para-hydroxylation sites is 1. The van der Waals surface area contributed by atoms with Gasteiger partial charge in [0.15, 0.2) is 0 Å². The van der Waals surface area contributed by atoms with Crippen molar-refractivity contribution in [2.45, 2.75) is 37.3 Å². The van der Waals surface area contributed by atoms with E-state index in [-0.39, 0.29) is 24.8 Å². The highest BCUT2D eigenvalue weighted by Crippen LogP contribution is 2.24. The highest BCUT2D eigenvalue weighted by Gasteiger charge is 2.31. The van der Waals surface area contributed by atoms with Crippen LogP contribution in [0.3, 0.4) is 0 Å². The summed E-state index contributed by atoms with van der Waals surface area (Å²) in [5, 5.41) is 0.810. The number of fused-ring (bicyclic) bond motifs is 1. The van der Waals surface area contributed by atoms with Gasteiger partial charge in [0.2, 0.25) is 10.0 Å². The summed E-state index contributed by atoms with van der Waals surface area (Å²) >= 11 is 0. The van der Waals surface area contributed by atoms with Crippen LogP contribution in [-0.2, 0) is 21.3 Å². The summed E-state index contributed by atoms with van der Waals surface area (Å²) in [7, 11) is -4.17. The van der Waals surface area contributed by atoms with E-state index in [0.717, 1.165) is 34.2 Å². The average molecular weight is 431 g/mol. The van der Waals surface area contributed by atoms with Gasteiger partial charge in [-0.1, -0.05) is 30.3 Å². The quantitative estimate of drug-likeness (QED) is 0.651. The number of benzene rings is 2. The van der Waals surface area contributed by atoms with Gasteiger partial charge in [0.1, 0.15) is 10.7 Å². The first-order valence-electron chi connectivity index (χ1n) is 9.84. The molecule has 8 heteroatoms. The SMILES string of the molecule is Cc1cccc2cc(CN(CC3CCCO3)S(=O)(=O)c3ccccc3F)c(=O)[nH]c12. The topological polar surface area (TPSA) is 79.5 Å². The van der Waals surface area contributed by atoms with Crippen molar-refractivity contribution < 1.29 is 17.5 Å². The van der Waals surface area contributed by atoms with Crippen LogP contribution in [0, 0.1) is 12.7 Å². The smallest absolute Gasteiger partial charge is 0.252 e. The van der Waals surface area contributed by atoms with E-state index >= 15 is 0 Å². The predicted molar refractivity (Wildman–Crippen MR) is 112 cm³/mol. The molecule has 1 atom stereocenters. The number of halogens is 1. The molecule has 158 valence electrons. The van der Waals surface area contributed by atoms with Crippen molar-refractivity contribution >= 4 is 20.9 Å². The van der Waals surface area contributed by atoms with Gasteiger partial charge in [-0.25, -0.2) is 12.8 Å². The van der Waals surface area contributed by atoms with Gasteiger partial charge >= 0.3 is 0 Å². The van der Waals surface area contributed by atoms with Gasteiger partial charge in [-0.3, -0.25) is 4.79 Å². The molecule has 1 aliphatic rings. The third-order valence-corrected chi connectivity index (χ3v) is 7.24. The molecule has 0 aliphatic carbocycles. The van der Waals surface area contributed by atoms with Crippen molar-refractivity contribution in [1.29, 1.82) is 0 Å². The van der Waals surface area contributed by atoms with Crippen molar-refractivity contribution in [2.75, 3.05) is 13.2 Å². The fourth-order valence-corrected chi connectivity index (χ4v) is 5.31. The molecule has 0 spiro atoms. The maximum atomic E-state index is 14.3. The Bertz CT molecular complexity index is 1230. The number of nitrogens with one attached hydrogen (secondary N) is 1. The largest absolute Gasteiger partial charge is 0.377 e. The van der Waals surface area contributed by atoms with Crippen molar-refractivity contribution in [3.8, 4) is 0 Å². The van der Waals surface area contributed by atoms with Crippen LogP contribution in [0.5, 0.6) is 0 Å². The summed E-state index contributed by atoms with van der Waals surface area (Å²) in [6.45, 7) is 2.34. The van der Waals surface area contributed by atoms with Gasteiger partial charge in [0, 0.05) is 25.3 Å². The summed E-state index contributed by atoms with van der Waals surface area (Å²) < 4.78 is 47.7. The molecule has 1 saturated heterocycles. The monoisotopic (exact) mass is 430 g/mol. The van der Waals surface area contributed by atoms with Gasteiger partial charge in [-0.15, -0.1) is 0 Å². The Morgan fingerprint density at radius 2 is 2.00 bits per heavy atom. The second-order valence-electron chi connectivity index (χ2n) is 7.53. The van der Waals surface area contributed by atoms with E-state index in [1.165, 1.54) is 18.2 Å². The van der Waals surface area contributed by atoms with Crippen LogP contribution in [0.4, 0.5) is 4.39 Å². The predicted octanol–water partition coefficient (Wildman–Crippen LogP) is 3.35. The van der Waals surface area contributed by atoms with Crippen LogP contribution in [0.1, 0.15) is 24.0 Å². The summed E-state index contributed by atoms with van der Waals surface area (Å²) in [6, 6.07) is 12.6. The molecule has 2 heterocycles. The summed E-state index contributed by atoms with van der Waals surface area (Å²) in [5.74, 6) is -0.821. The lowest BCUT2D eigenvalue weighted by Gasteiger charge is -2.25. The molecule has 1 aromatic heterocycles. The number of aromatic nitrogens is 1. The number of hydrogen-bond donors (Lipinski definition) is 1. The Kier molecular flexibility index (Phi) is 5.73. The number of rotatable bonds is 6. The molecule has 0 amide bonds. The van der Waals surface area contributed by atoms with Gasteiger partial charge in [0.25, 0.3) is 5.56 Å². The zero-order valence-corrected chi connectivity index (χ0v) is 17.4. The first kappa shape index (κ1) is 20.7. The van der Waals surface area contributed by atoms with Gasteiger partial charge < -0.3 is 9.72 Å². The molecule has 3 aromatic rings. The molecule has 0 saturated carbocycles. The Morgan fingerprint density at radius 1 is 1.20 bits per heavy atom. The normalized spacial score (nSPS) is 17.1. The van der Waals surface area contributed by atoms with E-state index in [4.69, 9.17) is 4.74 Å². The van der Waals surface area contributed by atoms with Crippen LogP contribution in [0.2, 0.25) is 0 Å². The third kappa shape index (κ3) is 4.03. The van der Waals surface area contributed by atoms with Crippen LogP contribution >= 0.6 is 0 Å². The van der Waals surface area contributed by atoms with E-state index in [9.17, 15) is 17.6 Å². The Balaban J connectivity index is 1.75. The fraction of sp³-hybridized carbons (Fsp3) is 0.318. The number of H-pyrrole nitrogens is 1. The highest BCUT2D eigenvalue weighted by atomic mass is 32.2. The van der Waals surface area contributed by atoms with Crippen LogP contribution in [0.15, 0.2) is 58.2 Å². The van der Waals surface area contributed by atoms with Crippen molar-refractivity contribution in [3.63, 3.8) is 0 Å². The maximum absolute atomic E-state index is 14.3. The number of pyridine rings is 1. The average Bonchev–Trinajstić information content (AvgIpc) is 3.22. The Hall–Kier alpha value is -2.55. The molecule has 30 heavy (non-hydrogen) atoms. The lowest BCUT2D eigenvalue weighted by molar-refractivity contribution is 0.0925. The van der Waals surface area contributed by atoms with E-state index in [1.54, 1.807) is 6.07 Å². The molecule has 4 rings (SSSR count). The lowest BCUT2D eigenvalue weighted by Crippen LogP contribution is -2.38. The molecule has 6 nitrogen and oxygen atoms in total. The molecule has 1 N–H and O–H groups in total. The summed E-state index contributed by atoms with van der Waals surface area (Å²) in [6.07, 6.45) is 1.28. The molecule has 2 aromatic carbocycles. The van der Waals surface area contributed by atoms with E-state index < -0.39 is 20.7 Å². The molecule has 0 radical (unpaired) electrons. The molecule has 1 unspecified atom stereocenters. The standard InChI is InChI=1S/C22H23FN2O4S/c1-15-6-4-7-16-12-17(22(26)24-21(15)16)13-25(14-18-8-5-11-29-18)30(27,28)20-10-3-2-9-19(20)23/h2-4,6-7,9-10,12,18H,5,8,11,13-14H2,1H3,(H,24,26). The number of ether oxygens (including phenoxy) is 1. The number of sulfonamides is 1. The second-order valence-corrected chi connectivity index (χ2v) is 9.43. The van der Waals surface area contributed by atoms with E-state index in [2.05, 4.69) is 4.98 Å².